The second-order valence-electron chi connectivity index (χ2n) is 4.18. The highest BCUT2D eigenvalue weighted by atomic mass is 32.2. The first kappa shape index (κ1) is 14.5. The quantitative estimate of drug-likeness (QED) is 0.890. The lowest BCUT2D eigenvalue weighted by Crippen LogP contribution is -2.18. The standard InChI is InChI=1S/C14H15FN2O2S/c1-16-20(18,19)13-8-6-12(7-9-13)17-10-11-4-2-3-5-14(11)15/h2-9,16-17H,10H2,1H3. The lowest BCUT2D eigenvalue weighted by Gasteiger charge is -2.08. The maximum absolute atomic E-state index is 13.4. The highest BCUT2D eigenvalue weighted by molar-refractivity contribution is 7.89. The largest absolute Gasteiger partial charge is 0.381 e. The molecule has 0 saturated carbocycles. The average molecular weight is 294 g/mol. The van der Waals surface area contributed by atoms with Crippen molar-refractivity contribution in [2.45, 2.75) is 11.4 Å². The predicted octanol–water partition coefficient (Wildman–Crippen LogP) is 2.35. The van der Waals surface area contributed by atoms with Crippen LogP contribution >= 0.6 is 0 Å². The monoisotopic (exact) mass is 294 g/mol. The zero-order chi connectivity index (χ0) is 14.6. The van der Waals surface area contributed by atoms with Crippen LogP contribution in [0, 0.1) is 5.82 Å². The van der Waals surface area contributed by atoms with Gasteiger partial charge in [0.05, 0.1) is 4.90 Å². The van der Waals surface area contributed by atoms with E-state index in [1.165, 1.54) is 25.2 Å². The Morgan fingerprint density at radius 2 is 1.70 bits per heavy atom. The van der Waals surface area contributed by atoms with Crippen molar-refractivity contribution in [3.8, 4) is 0 Å². The zero-order valence-electron chi connectivity index (χ0n) is 10.9. The number of halogens is 1. The molecule has 106 valence electrons. The molecule has 0 amide bonds. The third kappa shape index (κ3) is 3.34. The molecule has 0 atom stereocenters. The molecule has 4 nitrogen and oxygen atoms in total. The van der Waals surface area contributed by atoms with Crippen LogP contribution in [-0.2, 0) is 16.6 Å². The van der Waals surface area contributed by atoms with Crippen molar-refractivity contribution in [3.05, 3.63) is 59.9 Å². The van der Waals surface area contributed by atoms with Gasteiger partial charge in [-0.25, -0.2) is 17.5 Å². The van der Waals surface area contributed by atoms with Crippen LogP contribution in [0.5, 0.6) is 0 Å². The number of hydrogen-bond donors (Lipinski definition) is 2. The van der Waals surface area contributed by atoms with Crippen LogP contribution in [0.2, 0.25) is 0 Å². The summed E-state index contributed by atoms with van der Waals surface area (Å²) in [6.07, 6.45) is 0. The van der Waals surface area contributed by atoms with Crippen molar-refractivity contribution in [3.63, 3.8) is 0 Å². The molecule has 0 aliphatic rings. The van der Waals surface area contributed by atoms with E-state index in [0.717, 1.165) is 5.69 Å². The van der Waals surface area contributed by atoms with Crippen LogP contribution in [0.4, 0.5) is 10.1 Å². The summed E-state index contributed by atoms with van der Waals surface area (Å²) in [5.74, 6) is -0.269. The Kier molecular flexibility index (Phi) is 4.36. The van der Waals surface area contributed by atoms with Gasteiger partial charge in [0, 0.05) is 17.8 Å². The molecule has 0 aromatic heterocycles. The minimum absolute atomic E-state index is 0.191. The summed E-state index contributed by atoms with van der Waals surface area (Å²) in [7, 11) is -2.07. The number of anilines is 1. The minimum atomic E-state index is -3.43. The maximum Gasteiger partial charge on any atom is 0.240 e. The highest BCUT2D eigenvalue weighted by Crippen LogP contribution is 2.15. The smallest absolute Gasteiger partial charge is 0.240 e. The van der Waals surface area contributed by atoms with Crippen LogP contribution in [0.15, 0.2) is 53.4 Å². The van der Waals surface area contributed by atoms with Crippen molar-refractivity contribution >= 4 is 15.7 Å². The fourth-order valence-electron chi connectivity index (χ4n) is 1.71. The molecule has 2 rings (SSSR count). The van der Waals surface area contributed by atoms with Crippen molar-refractivity contribution in [2.75, 3.05) is 12.4 Å². The SMILES string of the molecule is CNS(=O)(=O)c1ccc(NCc2ccccc2F)cc1. The Labute approximate surface area is 117 Å². The van der Waals surface area contributed by atoms with E-state index in [1.54, 1.807) is 30.3 Å². The summed E-state index contributed by atoms with van der Waals surface area (Å²) in [5, 5.41) is 3.04. The first-order valence-electron chi connectivity index (χ1n) is 6.04. The molecule has 0 fully saturated rings. The second kappa shape index (κ2) is 6.02. The van der Waals surface area contributed by atoms with Crippen LogP contribution in [0.25, 0.3) is 0 Å². The van der Waals surface area contributed by atoms with E-state index in [1.807, 2.05) is 0 Å². The van der Waals surface area contributed by atoms with Gasteiger partial charge in [0.2, 0.25) is 10.0 Å². The topological polar surface area (TPSA) is 58.2 Å². The molecule has 0 unspecified atom stereocenters. The van der Waals surface area contributed by atoms with E-state index in [4.69, 9.17) is 0 Å². The van der Waals surface area contributed by atoms with Crippen LogP contribution in [-0.4, -0.2) is 15.5 Å². The summed E-state index contributed by atoms with van der Waals surface area (Å²) in [6.45, 7) is 0.338. The summed E-state index contributed by atoms with van der Waals surface area (Å²) in [6, 6.07) is 12.8. The molecule has 6 heteroatoms. The zero-order valence-corrected chi connectivity index (χ0v) is 11.7. The van der Waals surface area contributed by atoms with Gasteiger partial charge in [-0.15, -0.1) is 0 Å². The van der Waals surface area contributed by atoms with E-state index in [2.05, 4.69) is 10.0 Å². The molecule has 0 saturated heterocycles. The Morgan fingerprint density at radius 1 is 1.05 bits per heavy atom. The summed E-state index contributed by atoms with van der Waals surface area (Å²) >= 11 is 0. The number of sulfonamides is 1. The first-order chi connectivity index (χ1) is 9.53. The summed E-state index contributed by atoms with van der Waals surface area (Å²) in [5.41, 5.74) is 1.28. The second-order valence-corrected chi connectivity index (χ2v) is 6.06. The van der Waals surface area contributed by atoms with Gasteiger partial charge < -0.3 is 5.32 Å². The van der Waals surface area contributed by atoms with Gasteiger partial charge in [-0.2, -0.15) is 0 Å². The summed E-state index contributed by atoms with van der Waals surface area (Å²) < 4.78 is 38.8. The average Bonchev–Trinajstić information content (AvgIpc) is 2.47. The fraction of sp³-hybridized carbons (Fsp3) is 0.143. The molecule has 0 aliphatic carbocycles. The van der Waals surface area contributed by atoms with Crippen molar-refractivity contribution in [2.24, 2.45) is 0 Å². The van der Waals surface area contributed by atoms with Gasteiger partial charge in [0.15, 0.2) is 0 Å². The van der Waals surface area contributed by atoms with E-state index < -0.39 is 10.0 Å². The van der Waals surface area contributed by atoms with E-state index >= 15 is 0 Å². The van der Waals surface area contributed by atoms with Crippen molar-refractivity contribution in [1.29, 1.82) is 0 Å². The molecule has 2 aromatic carbocycles. The summed E-state index contributed by atoms with van der Waals surface area (Å²) in [4.78, 5) is 0.191. The Bertz CT molecular complexity index is 685. The first-order valence-corrected chi connectivity index (χ1v) is 7.52. The number of hydrogen-bond acceptors (Lipinski definition) is 3. The van der Waals surface area contributed by atoms with Gasteiger partial charge in [-0.1, -0.05) is 18.2 Å². The van der Waals surface area contributed by atoms with E-state index in [-0.39, 0.29) is 10.7 Å². The van der Waals surface area contributed by atoms with Crippen LogP contribution < -0.4 is 10.0 Å². The molecule has 0 bridgehead atoms. The normalized spacial score (nSPS) is 11.3. The minimum Gasteiger partial charge on any atom is -0.381 e. The number of benzene rings is 2. The predicted molar refractivity (Wildman–Crippen MR) is 76.4 cm³/mol. The Morgan fingerprint density at radius 3 is 2.30 bits per heavy atom. The van der Waals surface area contributed by atoms with Gasteiger partial charge in [0.25, 0.3) is 0 Å². The third-order valence-corrected chi connectivity index (χ3v) is 4.30. The lowest BCUT2D eigenvalue weighted by molar-refractivity contribution is 0.588. The molecule has 20 heavy (non-hydrogen) atoms. The lowest BCUT2D eigenvalue weighted by atomic mass is 10.2. The number of rotatable bonds is 5. The third-order valence-electron chi connectivity index (χ3n) is 2.87. The molecule has 2 N–H and O–H groups in total. The van der Waals surface area contributed by atoms with Gasteiger partial charge >= 0.3 is 0 Å². The Hall–Kier alpha value is -1.92. The van der Waals surface area contributed by atoms with E-state index in [0.29, 0.717) is 12.1 Å². The molecule has 0 heterocycles. The van der Waals surface area contributed by atoms with Gasteiger partial charge in [0.1, 0.15) is 5.82 Å². The van der Waals surface area contributed by atoms with E-state index in [9.17, 15) is 12.8 Å². The molecule has 2 aromatic rings. The van der Waals surface area contributed by atoms with Crippen molar-refractivity contribution < 1.29 is 12.8 Å². The molecular formula is C14H15FN2O2S. The van der Waals surface area contributed by atoms with Gasteiger partial charge in [-0.3, -0.25) is 0 Å². The van der Waals surface area contributed by atoms with Gasteiger partial charge in [-0.05, 0) is 37.4 Å². The van der Waals surface area contributed by atoms with Crippen LogP contribution in [0.1, 0.15) is 5.56 Å². The molecular weight excluding hydrogens is 279 g/mol. The van der Waals surface area contributed by atoms with Crippen LogP contribution in [0.3, 0.4) is 0 Å². The Balaban J connectivity index is 2.07. The number of nitrogens with one attached hydrogen (secondary N) is 2. The molecule has 0 spiro atoms. The maximum atomic E-state index is 13.4. The van der Waals surface area contributed by atoms with Crippen molar-refractivity contribution in [1.82, 2.24) is 4.72 Å². The highest BCUT2D eigenvalue weighted by Gasteiger charge is 2.10. The fourth-order valence-corrected chi connectivity index (χ4v) is 2.44. The molecule has 0 aliphatic heterocycles. The molecule has 0 radical (unpaired) electrons.